The molecule has 162 valence electrons. The number of halogens is 2. The van der Waals surface area contributed by atoms with Gasteiger partial charge in [-0.15, -0.1) is 0 Å². The molecule has 9 heteroatoms. The first-order chi connectivity index (χ1) is 15.3. The zero-order valence-corrected chi connectivity index (χ0v) is 18.2. The third kappa shape index (κ3) is 4.69. The summed E-state index contributed by atoms with van der Waals surface area (Å²) in [7, 11) is 0. The first-order valence-corrected chi connectivity index (χ1v) is 10.3. The van der Waals surface area contributed by atoms with Crippen molar-refractivity contribution in [1.29, 1.82) is 0 Å². The molecular formula is C23H17Cl2N3O4. The zero-order valence-electron chi connectivity index (χ0n) is 16.7. The van der Waals surface area contributed by atoms with Gasteiger partial charge in [0.25, 0.3) is 11.9 Å². The van der Waals surface area contributed by atoms with Gasteiger partial charge >= 0.3 is 5.97 Å². The summed E-state index contributed by atoms with van der Waals surface area (Å²) >= 11 is 12.1. The second-order valence-corrected chi connectivity index (χ2v) is 7.95. The first-order valence-electron chi connectivity index (χ1n) is 9.57. The third-order valence-electron chi connectivity index (χ3n) is 4.80. The fraction of sp³-hybridized carbons (Fsp3) is 0.0870. The van der Waals surface area contributed by atoms with Crippen LogP contribution in [0, 0.1) is 0 Å². The molecule has 0 saturated heterocycles. The van der Waals surface area contributed by atoms with Crippen LogP contribution in [0.5, 0.6) is 0 Å². The van der Waals surface area contributed by atoms with E-state index in [1.165, 1.54) is 18.2 Å². The maximum absolute atomic E-state index is 13.0. The number of aromatic nitrogens is 1. The molecule has 7 nitrogen and oxygen atoms in total. The smallest absolute Gasteiger partial charge is 0.335 e. The van der Waals surface area contributed by atoms with Crippen molar-refractivity contribution in [3.05, 3.63) is 87.4 Å². The molecule has 0 unspecified atom stereocenters. The molecule has 1 atom stereocenters. The van der Waals surface area contributed by atoms with Gasteiger partial charge in [0.1, 0.15) is 5.52 Å². The van der Waals surface area contributed by atoms with Gasteiger partial charge in [-0.2, -0.15) is 4.98 Å². The number of carbonyl (C=O) groups excluding carboxylic acids is 1. The van der Waals surface area contributed by atoms with Crippen molar-refractivity contribution >= 4 is 57.9 Å². The lowest BCUT2D eigenvalue weighted by Crippen LogP contribution is -2.26. The number of carboxylic acids is 1. The number of fused-ring (bicyclic) bond motifs is 1. The lowest BCUT2D eigenvalue weighted by atomic mass is 10.1. The summed E-state index contributed by atoms with van der Waals surface area (Å²) in [6, 6.07) is 16.2. The maximum Gasteiger partial charge on any atom is 0.335 e. The van der Waals surface area contributed by atoms with Crippen LogP contribution in [-0.4, -0.2) is 22.0 Å². The Morgan fingerprint density at radius 2 is 1.69 bits per heavy atom. The summed E-state index contributed by atoms with van der Waals surface area (Å²) in [6.45, 7) is 1.79. The minimum absolute atomic E-state index is 0.172. The molecule has 0 radical (unpaired) electrons. The van der Waals surface area contributed by atoms with Crippen LogP contribution in [0.4, 0.5) is 11.7 Å². The second kappa shape index (κ2) is 8.90. The van der Waals surface area contributed by atoms with Crippen LogP contribution in [0.2, 0.25) is 10.0 Å². The lowest BCUT2D eigenvalue weighted by Gasteiger charge is -2.15. The Morgan fingerprint density at radius 1 is 1.00 bits per heavy atom. The molecule has 1 aromatic heterocycles. The number of carbonyl (C=O) groups is 2. The molecule has 4 rings (SSSR count). The number of carboxylic acid groups (broad SMARTS) is 1. The molecule has 0 aliphatic heterocycles. The largest absolute Gasteiger partial charge is 0.478 e. The van der Waals surface area contributed by atoms with Gasteiger partial charge in [-0.1, -0.05) is 35.3 Å². The third-order valence-corrected chi connectivity index (χ3v) is 5.27. The van der Waals surface area contributed by atoms with Gasteiger partial charge in [0.15, 0.2) is 5.58 Å². The Bertz CT molecular complexity index is 1300. The lowest BCUT2D eigenvalue weighted by molar-refractivity contribution is 0.0696. The van der Waals surface area contributed by atoms with Gasteiger partial charge < -0.3 is 20.2 Å². The molecule has 0 aliphatic rings. The number of nitrogens with zero attached hydrogens (tertiary/aromatic N) is 1. The SMILES string of the molecule is C[C@H](NC(=O)c1cc(Cl)cc2nc(Nc3ccc(Cl)cc3)oc12)c1ccc(C(=O)O)cc1. The normalized spacial score (nSPS) is 11.8. The summed E-state index contributed by atoms with van der Waals surface area (Å²) in [5, 5.41) is 15.9. The van der Waals surface area contributed by atoms with Crippen LogP contribution in [0.1, 0.15) is 39.2 Å². The van der Waals surface area contributed by atoms with E-state index < -0.39 is 11.9 Å². The summed E-state index contributed by atoms with van der Waals surface area (Å²) < 4.78 is 5.80. The quantitative estimate of drug-likeness (QED) is 0.316. The number of hydrogen-bond acceptors (Lipinski definition) is 5. The molecular weight excluding hydrogens is 453 g/mol. The molecule has 0 bridgehead atoms. The molecule has 3 N–H and O–H groups in total. The minimum atomic E-state index is -1.01. The number of amides is 1. The molecule has 3 aromatic carbocycles. The Labute approximate surface area is 193 Å². The van der Waals surface area contributed by atoms with Gasteiger partial charge in [-0.3, -0.25) is 4.79 Å². The van der Waals surface area contributed by atoms with E-state index in [-0.39, 0.29) is 28.8 Å². The predicted molar refractivity (Wildman–Crippen MR) is 123 cm³/mol. The van der Waals surface area contributed by atoms with Gasteiger partial charge in [-0.05, 0) is 61.0 Å². The van der Waals surface area contributed by atoms with Crippen molar-refractivity contribution < 1.29 is 19.1 Å². The van der Waals surface area contributed by atoms with Gasteiger partial charge in [0.2, 0.25) is 0 Å². The average Bonchev–Trinajstić information content (AvgIpc) is 3.16. The van der Waals surface area contributed by atoms with Gasteiger partial charge in [0.05, 0.1) is 17.2 Å². The molecule has 0 fully saturated rings. The first kappa shape index (κ1) is 21.7. The van der Waals surface area contributed by atoms with Crippen molar-refractivity contribution in [3.63, 3.8) is 0 Å². The minimum Gasteiger partial charge on any atom is -0.478 e. The summed E-state index contributed by atoms with van der Waals surface area (Å²) in [5.41, 5.74) is 2.60. The van der Waals surface area contributed by atoms with Crippen molar-refractivity contribution in [1.82, 2.24) is 10.3 Å². The van der Waals surface area contributed by atoms with Crippen molar-refractivity contribution in [2.24, 2.45) is 0 Å². The summed E-state index contributed by atoms with van der Waals surface area (Å²) in [4.78, 5) is 28.4. The van der Waals surface area contributed by atoms with Crippen molar-refractivity contribution in [2.45, 2.75) is 13.0 Å². The highest BCUT2D eigenvalue weighted by molar-refractivity contribution is 6.32. The number of oxazole rings is 1. The zero-order chi connectivity index (χ0) is 22.8. The second-order valence-electron chi connectivity index (χ2n) is 7.07. The van der Waals surface area contributed by atoms with Crippen LogP contribution in [0.15, 0.2) is 65.1 Å². The molecule has 1 heterocycles. The average molecular weight is 470 g/mol. The fourth-order valence-electron chi connectivity index (χ4n) is 3.15. The Morgan fingerprint density at radius 3 is 2.34 bits per heavy atom. The maximum atomic E-state index is 13.0. The van der Waals surface area contributed by atoms with E-state index in [2.05, 4.69) is 15.6 Å². The highest BCUT2D eigenvalue weighted by atomic mass is 35.5. The highest BCUT2D eigenvalue weighted by Gasteiger charge is 2.20. The fourth-order valence-corrected chi connectivity index (χ4v) is 3.49. The van der Waals surface area contributed by atoms with Crippen LogP contribution in [0.3, 0.4) is 0 Å². The summed E-state index contributed by atoms with van der Waals surface area (Å²) in [5.74, 6) is -1.41. The van der Waals surface area contributed by atoms with E-state index >= 15 is 0 Å². The highest BCUT2D eigenvalue weighted by Crippen LogP contribution is 2.29. The van der Waals surface area contributed by atoms with Gasteiger partial charge in [-0.25, -0.2) is 4.79 Å². The van der Waals surface area contributed by atoms with E-state index in [9.17, 15) is 9.59 Å². The number of anilines is 2. The monoisotopic (exact) mass is 469 g/mol. The van der Waals surface area contributed by atoms with Crippen LogP contribution in [0.25, 0.3) is 11.1 Å². The van der Waals surface area contributed by atoms with Crippen LogP contribution in [-0.2, 0) is 0 Å². The topological polar surface area (TPSA) is 104 Å². The number of nitrogens with one attached hydrogen (secondary N) is 2. The van der Waals surface area contributed by atoms with Crippen molar-refractivity contribution in [3.8, 4) is 0 Å². The number of benzene rings is 3. The van der Waals surface area contributed by atoms with E-state index in [1.807, 2.05) is 0 Å². The molecule has 0 aliphatic carbocycles. The van der Waals surface area contributed by atoms with Crippen molar-refractivity contribution in [2.75, 3.05) is 5.32 Å². The van der Waals surface area contributed by atoms with E-state index in [0.717, 1.165) is 11.3 Å². The standard InChI is InChI=1S/C23H17Cl2N3O4/c1-12(13-2-4-14(5-3-13)22(30)31)26-21(29)18-10-16(25)11-19-20(18)32-23(28-19)27-17-8-6-15(24)7-9-17/h2-12H,1H3,(H,26,29)(H,27,28)(H,30,31)/t12-/m0/s1. The van der Waals surface area contributed by atoms with Gasteiger partial charge in [0, 0.05) is 15.7 Å². The van der Waals surface area contributed by atoms with E-state index in [0.29, 0.717) is 15.6 Å². The Balaban J connectivity index is 1.58. The Kier molecular flexibility index (Phi) is 6.03. The van der Waals surface area contributed by atoms with Crippen LogP contribution < -0.4 is 10.6 Å². The number of hydrogen-bond donors (Lipinski definition) is 3. The number of aromatic carboxylic acids is 1. The summed E-state index contributed by atoms with van der Waals surface area (Å²) in [6.07, 6.45) is 0. The predicted octanol–water partition coefficient (Wildman–Crippen LogP) is 6.07. The molecule has 0 saturated carbocycles. The molecule has 32 heavy (non-hydrogen) atoms. The Hall–Kier alpha value is -3.55. The van der Waals surface area contributed by atoms with E-state index in [1.54, 1.807) is 49.4 Å². The number of rotatable bonds is 6. The van der Waals surface area contributed by atoms with Crippen LogP contribution >= 0.6 is 23.2 Å². The molecule has 1 amide bonds. The van der Waals surface area contributed by atoms with E-state index in [4.69, 9.17) is 32.7 Å². The molecule has 4 aromatic rings. The molecule has 0 spiro atoms.